The third kappa shape index (κ3) is 3.67. The van der Waals surface area contributed by atoms with Crippen molar-refractivity contribution < 1.29 is 14.3 Å². The highest BCUT2D eigenvalue weighted by Gasteiger charge is 2.38. The quantitative estimate of drug-likeness (QED) is 0.804. The van der Waals surface area contributed by atoms with E-state index in [9.17, 15) is 9.59 Å². The average Bonchev–Trinajstić information content (AvgIpc) is 3.04. The number of nitrogens with zero attached hydrogens (tertiary/aromatic N) is 3. The Labute approximate surface area is 159 Å². The first-order valence-corrected chi connectivity index (χ1v) is 9.48. The van der Waals surface area contributed by atoms with Gasteiger partial charge in [-0.3, -0.25) is 9.59 Å². The molecule has 2 aliphatic rings. The van der Waals surface area contributed by atoms with E-state index in [-0.39, 0.29) is 24.2 Å². The van der Waals surface area contributed by atoms with Gasteiger partial charge in [0.15, 0.2) is 0 Å². The van der Waals surface area contributed by atoms with E-state index in [4.69, 9.17) is 16.3 Å². The number of aryl methyl sites for hydroxylation is 1. The number of methoxy groups -OCH3 is 1. The molecule has 0 aromatic heterocycles. The van der Waals surface area contributed by atoms with E-state index in [0.29, 0.717) is 23.0 Å². The molecule has 7 heteroatoms. The van der Waals surface area contributed by atoms with Gasteiger partial charge in [0.25, 0.3) is 0 Å². The van der Waals surface area contributed by atoms with Gasteiger partial charge in [-0.05, 0) is 25.1 Å². The van der Waals surface area contributed by atoms with Crippen molar-refractivity contribution in [1.82, 2.24) is 9.80 Å². The molecular weight excluding hydrogens is 354 g/mol. The van der Waals surface area contributed by atoms with Crippen LogP contribution < -0.4 is 9.64 Å². The molecular formula is C19H26ClN3O3. The molecule has 142 valence electrons. The highest BCUT2D eigenvalue weighted by Crippen LogP contribution is 2.37. The summed E-state index contributed by atoms with van der Waals surface area (Å²) in [7, 11) is 1.56. The summed E-state index contributed by atoms with van der Waals surface area (Å²) in [4.78, 5) is 31.4. The monoisotopic (exact) mass is 379 g/mol. The average molecular weight is 380 g/mol. The maximum Gasteiger partial charge on any atom is 0.228 e. The summed E-state index contributed by atoms with van der Waals surface area (Å²) < 4.78 is 5.40. The standard InChI is InChI=1S/C19H26ClN3O3/c1-4-21-5-7-22(8-6-21)19(25)14-10-18(24)23(12-14)16-9-13(2)15(20)11-17(16)26-3/h9,11,14H,4-8,10,12H2,1-3H3. The maximum atomic E-state index is 12.9. The van der Waals surface area contributed by atoms with E-state index in [1.54, 1.807) is 18.1 Å². The molecule has 1 unspecified atom stereocenters. The molecule has 0 spiro atoms. The van der Waals surface area contributed by atoms with Gasteiger partial charge in [0.1, 0.15) is 5.75 Å². The first-order valence-electron chi connectivity index (χ1n) is 9.10. The molecule has 2 fully saturated rings. The lowest BCUT2D eigenvalue weighted by atomic mass is 10.1. The zero-order valence-electron chi connectivity index (χ0n) is 15.6. The molecule has 0 N–H and O–H groups in total. The number of likely N-dealkylation sites (N-methyl/N-ethyl adjacent to an activating group) is 1. The number of carbonyl (C=O) groups excluding carboxylic acids is 2. The van der Waals surface area contributed by atoms with Crippen molar-refractivity contribution in [3.63, 3.8) is 0 Å². The number of benzene rings is 1. The number of amides is 2. The molecule has 2 amide bonds. The van der Waals surface area contributed by atoms with E-state index in [2.05, 4.69) is 11.8 Å². The number of piperazine rings is 1. The van der Waals surface area contributed by atoms with E-state index >= 15 is 0 Å². The van der Waals surface area contributed by atoms with Crippen molar-refractivity contribution in [1.29, 1.82) is 0 Å². The lowest BCUT2D eigenvalue weighted by Crippen LogP contribution is -2.50. The fourth-order valence-corrected chi connectivity index (χ4v) is 3.82. The number of hydrogen-bond donors (Lipinski definition) is 0. The summed E-state index contributed by atoms with van der Waals surface area (Å²) >= 11 is 6.16. The fraction of sp³-hybridized carbons (Fsp3) is 0.579. The van der Waals surface area contributed by atoms with Crippen LogP contribution in [0, 0.1) is 12.8 Å². The van der Waals surface area contributed by atoms with E-state index in [1.807, 2.05) is 17.9 Å². The van der Waals surface area contributed by atoms with Gasteiger partial charge >= 0.3 is 0 Å². The summed E-state index contributed by atoms with van der Waals surface area (Å²) in [6.45, 7) is 8.69. The predicted octanol–water partition coefficient (Wildman–Crippen LogP) is 2.17. The number of rotatable bonds is 4. The molecule has 6 nitrogen and oxygen atoms in total. The van der Waals surface area contributed by atoms with Gasteiger partial charge in [-0.15, -0.1) is 0 Å². The second kappa shape index (κ2) is 7.84. The number of hydrogen-bond acceptors (Lipinski definition) is 4. The van der Waals surface area contributed by atoms with Crippen molar-refractivity contribution in [3.8, 4) is 5.75 Å². The topological polar surface area (TPSA) is 53.1 Å². The zero-order valence-corrected chi connectivity index (χ0v) is 16.4. The van der Waals surface area contributed by atoms with E-state index in [1.165, 1.54) is 0 Å². The summed E-state index contributed by atoms with van der Waals surface area (Å²) in [5.74, 6) is 0.298. The molecule has 0 bridgehead atoms. The van der Waals surface area contributed by atoms with Crippen molar-refractivity contribution in [2.24, 2.45) is 5.92 Å². The molecule has 26 heavy (non-hydrogen) atoms. The van der Waals surface area contributed by atoms with Crippen LogP contribution in [0.2, 0.25) is 5.02 Å². The van der Waals surface area contributed by atoms with Gasteiger partial charge in [-0.1, -0.05) is 18.5 Å². The number of ether oxygens (including phenoxy) is 1. The Balaban J connectivity index is 1.73. The minimum absolute atomic E-state index is 0.0458. The molecule has 3 rings (SSSR count). The lowest BCUT2D eigenvalue weighted by molar-refractivity contribution is -0.137. The molecule has 0 radical (unpaired) electrons. The predicted molar refractivity (Wildman–Crippen MR) is 102 cm³/mol. The molecule has 1 aromatic carbocycles. The molecule has 2 aliphatic heterocycles. The van der Waals surface area contributed by atoms with Crippen molar-refractivity contribution in [2.45, 2.75) is 20.3 Å². The number of anilines is 1. The molecule has 0 aliphatic carbocycles. The van der Waals surface area contributed by atoms with Crippen LogP contribution in [0.3, 0.4) is 0 Å². The Hall–Kier alpha value is -1.79. The largest absolute Gasteiger partial charge is 0.495 e. The van der Waals surface area contributed by atoms with Crippen molar-refractivity contribution in [2.75, 3.05) is 51.3 Å². The first kappa shape index (κ1) is 19.0. The van der Waals surface area contributed by atoms with Crippen LogP contribution in [0.5, 0.6) is 5.75 Å². The molecule has 0 saturated carbocycles. The summed E-state index contributed by atoms with van der Waals surface area (Å²) in [6.07, 6.45) is 0.248. The zero-order chi connectivity index (χ0) is 18.8. The minimum atomic E-state index is -0.295. The summed E-state index contributed by atoms with van der Waals surface area (Å²) in [5.41, 5.74) is 1.56. The maximum absolute atomic E-state index is 12.9. The van der Waals surface area contributed by atoms with Gasteiger partial charge in [0.05, 0.1) is 18.7 Å². The summed E-state index contributed by atoms with van der Waals surface area (Å²) in [5, 5.41) is 0.596. The van der Waals surface area contributed by atoms with Gasteiger partial charge in [-0.25, -0.2) is 0 Å². The van der Waals surface area contributed by atoms with Gasteiger partial charge in [0.2, 0.25) is 11.8 Å². The SMILES string of the molecule is CCN1CCN(C(=O)C2CC(=O)N(c3cc(C)c(Cl)cc3OC)C2)CC1. The van der Waals surface area contributed by atoms with E-state index < -0.39 is 0 Å². The van der Waals surface area contributed by atoms with E-state index in [0.717, 1.165) is 38.3 Å². The second-order valence-corrected chi connectivity index (χ2v) is 7.35. The van der Waals surface area contributed by atoms with Gasteiger partial charge in [0, 0.05) is 50.2 Å². The first-order chi connectivity index (χ1) is 12.4. The van der Waals surface area contributed by atoms with Crippen LogP contribution in [-0.2, 0) is 9.59 Å². The highest BCUT2D eigenvalue weighted by atomic mass is 35.5. The van der Waals surface area contributed by atoms with Gasteiger partial charge < -0.3 is 19.4 Å². The normalized spacial score (nSPS) is 21.4. The molecule has 1 aromatic rings. The minimum Gasteiger partial charge on any atom is -0.495 e. The third-order valence-electron chi connectivity index (χ3n) is 5.36. The van der Waals surface area contributed by atoms with Crippen LogP contribution in [-0.4, -0.2) is 68.0 Å². The molecule has 1 atom stereocenters. The van der Waals surface area contributed by atoms with Crippen LogP contribution >= 0.6 is 11.6 Å². The molecule has 2 saturated heterocycles. The smallest absolute Gasteiger partial charge is 0.228 e. The van der Waals surface area contributed by atoms with Crippen LogP contribution in [0.25, 0.3) is 0 Å². The van der Waals surface area contributed by atoms with Gasteiger partial charge in [-0.2, -0.15) is 0 Å². The van der Waals surface area contributed by atoms with Crippen molar-refractivity contribution in [3.05, 3.63) is 22.7 Å². The highest BCUT2D eigenvalue weighted by molar-refractivity contribution is 6.31. The fourth-order valence-electron chi connectivity index (χ4n) is 3.67. The Morgan fingerprint density at radius 3 is 2.58 bits per heavy atom. The van der Waals surface area contributed by atoms with Crippen molar-refractivity contribution >= 4 is 29.1 Å². The van der Waals surface area contributed by atoms with Crippen LogP contribution in [0.15, 0.2) is 12.1 Å². The second-order valence-electron chi connectivity index (χ2n) is 6.94. The lowest BCUT2D eigenvalue weighted by Gasteiger charge is -2.35. The number of halogens is 1. The Morgan fingerprint density at radius 2 is 1.96 bits per heavy atom. The summed E-state index contributed by atoms with van der Waals surface area (Å²) in [6, 6.07) is 3.57. The number of carbonyl (C=O) groups is 2. The Morgan fingerprint density at radius 1 is 1.27 bits per heavy atom. The Bertz CT molecular complexity index is 702. The Kier molecular flexibility index (Phi) is 5.73. The van der Waals surface area contributed by atoms with Crippen LogP contribution in [0.1, 0.15) is 18.9 Å². The molecule has 2 heterocycles. The van der Waals surface area contributed by atoms with Crippen LogP contribution in [0.4, 0.5) is 5.69 Å². The third-order valence-corrected chi connectivity index (χ3v) is 5.76.